The number of piperidine rings is 1. The Labute approximate surface area is 170 Å². The van der Waals surface area contributed by atoms with Crippen LogP contribution in [-0.4, -0.2) is 40.8 Å². The Morgan fingerprint density at radius 2 is 2.00 bits per heavy atom. The maximum absolute atomic E-state index is 12.6. The van der Waals surface area contributed by atoms with E-state index in [0.717, 1.165) is 15.7 Å². The van der Waals surface area contributed by atoms with Gasteiger partial charge >= 0.3 is 12.1 Å². The lowest BCUT2D eigenvalue weighted by Gasteiger charge is -2.45. The van der Waals surface area contributed by atoms with Gasteiger partial charge in [-0.05, 0) is 45.2 Å². The fraction of sp³-hybridized carbons (Fsp3) is 0.500. The van der Waals surface area contributed by atoms with E-state index in [9.17, 15) is 19.9 Å². The highest BCUT2D eigenvalue weighted by Crippen LogP contribution is 2.47. The molecule has 29 heavy (non-hydrogen) atoms. The second kappa shape index (κ2) is 7.54. The third-order valence-electron chi connectivity index (χ3n) is 5.75. The van der Waals surface area contributed by atoms with Crippen LogP contribution in [0, 0.1) is 10.6 Å². The lowest BCUT2D eigenvalue weighted by Crippen LogP contribution is -2.54. The highest BCUT2D eigenvalue weighted by molar-refractivity contribution is 5.84. The highest BCUT2D eigenvalue weighted by Gasteiger charge is 2.51. The number of pyridine rings is 1. The maximum Gasteiger partial charge on any atom is 0.410 e. The van der Waals surface area contributed by atoms with E-state index < -0.39 is 23.1 Å². The lowest BCUT2D eigenvalue weighted by molar-refractivity contribution is -0.577. The number of aromatic nitrogens is 1. The molecule has 1 amide bonds. The van der Waals surface area contributed by atoms with Crippen LogP contribution < -0.4 is 4.73 Å². The number of fused-ring (bicyclic) bond motifs is 1. The summed E-state index contributed by atoms with van der Waals surface area (Å²) in [6, 6.07) is 8.93. The fourth-order valence-electron chi connectivity index (χ4n) is 4.28. The zero-order valence-corrected chi connectivity index (χ0v) is 17.3. The molecule has 1 aromatic heterocycles. The van der Waals surface area contributed by atoms with Gasteiger partial charge in [0, 0.05) is 31.1 Å². The van der Waals surface area contributed by atoms with E-state index in [1.807, 2.05) is 19.1 Å². The summed E-state index contributed by atoms with van der Waals surface area (Å²) in [5.41, 5.74) is -0.466. The summed E-state index contributed by atoms with van der Waals surface area (Å²) in [5, 5.41) is 23.2. The molecule has 156 valence electrons. The maximum atomic E-state index is 12.6. The van der Waals surface area contributed by atoms with Crippen molar-refractivity contribution in [2.75, 3.05) is 13.1 Å². The number of nitrogens with zero attached hydrogens (tertiary/aromatic N) is 2. The number of benzene rings is 1. The van der Waals surface area contributed by atoms with Crippen LogP contribution >= 0.6 is 0 Å². The number of hydrogen-bond acceptors (Lipinski definition) is 4. The van der Waals surface area contributed by atoms with Gasteiger partial charge in [0.25, 0.3) is 0 Å². The van der Waals surface area contributed by atoms with Gasteiger partial charge in [-0.15, -0.1) is 0 Å². The molecule has 7 heteroatoms. The third kappa shape index (κ3) is 3.86. The van der Waals surface area contributed by atoms with Gasteiger partial charge in [0.15, 0.2) is 6.20 Å². The molecule has 0 aliphatic carbocycles. The van der Waals surface area contributed by atoms with Crippen molar-refractivity contribution in [1.82, 2.24) is 4.90 Å². The molecule has 1 fully saturated rings. The average Bonchev–Trinajstić information content (AvgIpc) is 2.66. The summed E-state index contributed by atoms with van der Waals surface area (Å²) < 4.78 is 6.27. The number of carbonyl (C=O) groups is 2. The van der Waals surface area contributed by atoms with Gasteiger partial charge < -0.3 is 20.0 Å². The van der Waals surface area contributed by atoms with Crippen molar-refractivity contribution in [2.45, 2.75) is 52.1 Å². The summed E-state index contributed by atoms with van der Waals surface area (Å²) in [6.07, 6.45) is 1.77. The molecule has 2 heterocycles. The lowest BCUT2D eigenvalue weighted by atomic mass is 9.66. The number of amides is 1. The molecular weight excluding hydrogens is 372 g/mol. The molecule has 0 unspecified atom stereocenters. The van der Waals surface area contributed by atoms with Gasteiger partial charge in [0.1, 0.15) is 5.60 Å². The number of hydrogen-bond donors (Lipinski definition) is 1. The van der Waals surface area contributed by atoms with E-state index in [-0.39, 0.29) is 12.5 Å². The van der Waals surface area contributed by atoms with Crippen LogP contribution in [0.25, 0.3) is 10.9 Å². The Kier molecular flexibility index (Phi) is 5.43. The molecule has 7 nitrogen and oxygen atoms in total. The first kappa shape index (κ1) is 20.9. The zero-order chi connectivity index (χ0) is 21.4. The Morgan fingerprint density at radius 1 is 1.31 bits per heavy atom. The fourth-order valence-corrected chi connectivity index (χ4v) is 4.28. The first-order valence-corrected chi connectivity index (χ1v) is 9.91. The zero-order valence-electron chi connectivity index (χ0n) is 17.3. The van der Waals surface area contributed by atoms with E-state index in [4.69, 9.17) is 4.74 Å². The van der Waals surface area contributed by atoms with E-state index in [1.54, 1.807) is 39.0 Å². The van der Waals surface area contributed by atoms with Gasteiger partial charge in [-0.25, -0.2) is 4.79 Å². The van der Waals surface area contributed by atoms with Crippen LogP contribution in [0.1, 0.15) is 52.0 Å². The minimum absolute atomic E-state index is 0.0685. The van der Waals surface area contributed by atoms with Gasteiger partial charge in [-0.3, -0.25) is 4.79 Å². The topological polar surface area (TPSA) is 93.8 Å². The molecule has 2 aromatic rings. The molecule has 0 radical (unpaired) electrons. The largest absolute Gasteiger partial charge is 0.618 e. The normalized spacial score (nSPS) is 22.5. The minimum Gasteiger partial charge on any atom is -0.618 e. The van der Waals surface area contributed by atoms with E-state index in [0.29, 0.717) is 24.9 Å². The van der Waals surface area contributed by atoms with E-state index in [2.05, 4.69) is 0 Å². The smallest absolute Gasteiger partial charge is 0.410 e. The molecule has 1 N–H and O–H groups in total. The van der Waals surface area contributed by atoms with Crippen molar-refractivity contribution < 1.29 is 24.2 Å². The standard InChI is InChI=1S/C22H28N2O5/c1-5-22(19(25)26)14-23(20(27)29-21(2,3)4)12-11-17(22)15-10-13-24(28)18-9-7-6-8-16(15)18/h6-10,13,17H,5,11-12,14H2,1-4H3,(H,25,26)/t17-,22+/m1/s1. The van der Waals surface area contributed by atoms with Gasteiger partial charge in [0.2, 0.25) is 5.52 Å². The number of carboxylic acids is 1. The number of ether oxygens (including phenoxy) is 1. The summed E-state index contributed by atoms with van der Waals surface area (Å²) in [4.78, 5) is 26.6. The number of aliphatic carboxylic acids is 1. The molecule has 1 aromatic carbocycles. The van der Waals surface area contributed by atoms with Crippen LogP contribution in [0.4, 0.5) is 4.79 Å². The van der Waals surface area contributed by atoms with Crippen LogP contribution in [0.15, 0.2) is 36.5 Å². The van der Waals surface area contributed by atoms with Crippen LogP contribution in [0.3, 0.4) is 0 Å². The van der Waals surface area contributed by atoms with Crippen molar-refractivity contribution in [3.63, 3.8) is 0 Å². The minimum atomic E-state index is -1.16. The van der Waals surface area contributed by atoms with Gasteiger partial charge in [0.05, 0.1) is 10.8 Å². The van der Waals surface area contributed by atoms with Crippen LogP contribution in [-0.2, 0) is 9.53 Å². The van der Waals surface area contributed by atoms with Crippen molar-refractivity contribution in [1.29, 1.82) is 0 Å². The summed E-state index contributed by atoms with van der Waals surface area (Å²) >= 11 is 0. The molecule has 0 bridgehead atoms. The van der Waals surface area contributed by atoms with Crippen molar-refractivity contribution in [2.24, 2.45) is 5.41 Å². The molecule has 1 aliphatic rings. The SMILES string of the molecule is CC[C@]1(C(=O)O)CN(C(=O)OC(C)(C)C)CC[C@@H]1c1cc[n+]([O-])c2ccccc12. The van der Waals surface area contributed by atoms with Crippen molar-refractivity contribution in [3.8, 4) is 0 Å². The molecule has 3 rings (SSSR count). The molecule has 0 saturated carbocycles. The number of carboxylic acid groups (broad SMARTS) is 1. The summed E-state index contributed by atoms with van der Waals surface area (Å²) in [6.45, 7) is 7.66. The molecule has 2 atom stereocenters. The Morgan fingerprint density at radius 3 is 2.62 bits per heavy atom. The molecule has 1 saturated heterocycles. The second-order valence-corrected chi connectivity index (χ2v) is 8.67. The molecular formula is C22H28N2O5. The first-order chi connectivity index (χ1) is 13.6. The number of carbonyl (C=O) groups excluding carboxylic acids is 1. The predicted molar refractivity (Wildman–Crippen MR) is 108 cm³/mol. The van der Waals surface area contributed by atoms with E-state index >= 15 is 0 Å². The average molecular weight is 400 g/mol. The Balaban J connectivity index is 2.04. The highest BCUT2D eigenvalue weighted by atomic mass is 16.6. The number of likely N-dealkylation sites (tertiary alicyclic amines) is 1. The van der Waals surface area contributed by atoms with Gasteiger partial charge in [-0.2, -0.15) is 4.73 Å². The summed E-state index contributed by atoms with van der Waals surface area (Å²) in [5.74, 6) is -1.27. The molecule has 0 spiro atoms. The molecule has 1 aliphatic heterocycles. The predicted octanol–water partition coefficient (Wildman–Crippen LogP) is 3.68. The van der Waals surface area contributed by atoms with Crippen molar-refractivity contribution >= 4 is 23.0 Å². The Hall–Kier alpha value is -2.83. The first-order valence-electron chi connectivity index (χ1n) is 9.91. The number of rotatable bonds is 3. The van der Waals surface area contributed by atoms with Crippen LogP contribution in [0.5, 0.6) is 0 Å². The van der Waals surface area contributed by atoms with Crippen molar-refractivity contribution in [3.05, 3.63) is 47.3 Å². The van der Waals surface area contributed by atoms with E-state index in [1.165, 1.54) is 11.1 Å². The number of para-hydroxylation sites is 1. The monoisotopic (exact) mass is 400 g/mol. The van der Waals surface area contributed by atoms with Crippen LogP contribution in [0.2, 0.25) is 0 Å². The Bertz CT molecular complexity index is 936. The third-order valence-corrected chi connectivity index (χ3v) is 5.75. The van der Waals surface area contributed by atoms with Gasteiger partial charge in [-0.1, -0.05) is 19.1 Å². The second-order valence-electron chi connectivity index (χ2n) is 8.67. The summed E-state index contributed by atoms with van der Waals surface area (Å²) in [7, 11) is 0. The quantitative estimate of drug-likeness (QED) is 0.627.